The van der Waals surface area contributed by atoms with Gasteiger partial charge in [-0.2, -0.15) is 0 Å². The quantitative estimate of drug-likeness (QED) is 0.477. The van der Waals surface area contributed by atoms with Crippen LogP contribution in [0.25, 0.3) is 0 Å². The van der Waals surface area contributed by atoms with Crippen LogP contribution in [0.2, 0.25) is 10.0 Å². The Balaban J connectivity index is 1.87. The Bertz CT molecular complexity index is 909. The Morgan fingerprint density at radius 3 is 2.50 bits per heavy atom. The van der Waals surface area contributed by atoms with Crippen LogP contribution in [0.15, 0.2) is 70.5 Å². The molecule has 0 unspecified atom stereocenters. The van der Waals surface area contributed by atoms with Crippen LogP contribution in [0, 0.1) is 5.82 Å². The summed E-state index contributed by atoms with van der Waals surface area (Å²) in [5.41, 5.74) is 2.47. The van der Waals surface area contributed by atoms with Gasteiger partial charge in [-0.05, 0) is 42.5 Å². The first-order chi connectivity index (χ1) is 11.6. The molecule has 0 atom stereocenters. The van der Waals surface area contributed by atoms with Crippen molar-refractivity contribution >= 4 is 46.3 Å². The maximum atomic E-state index is 14.3. The zero-order valence-corrected chi connectivity index (χ0v) is 14.8. The van der Waals surface area contributed by atoms with Gasteiger partial charge < -0.3 is 4.90 Å². The minimum absolute atomic E-state index is 0.304. The third-order valence-corrected chi connectivity index (χ3v) is 5.69. The Morgan fingerprint density at radius 2 is 1.67 bits per heavy atom. The highest BCUT2D eigenvalue weighted by atomic mass is 35.5. The highest BCUT2D eigenvalue weighted by Gasteiger charge is 2.25. The maximum Gasteiger partial charge on any atom is 0.129 e. The van der Waals surface area contributed by atoms with Gasteiger partial charge in [-0.3, -0.25) is 0 Å². The van der Waals surface area contributed by atoms with Crippen LogP contribution in [0.1, 0.15) is 5.56 Å². The summed E-state index contributed by atoms with van der Waals surface area (Å²) >= 11 is 14.1. The predicted molar refractivity (Wildman–Crippen MR) is 99.3 cm³/mol. The van der Waals surface area contributed by atoms with E-state index in [-0.39, 0.29) is 5.82 Å². The molecule has 0 bridgehead atoms. The molecule has 1 heterocycles. The van der Waals surface area contributed by atoms with Gasteiger partial charge in [0.1, 0.15) is 5.82 Å². The number of nitrogens with zero attached hydrogens (tertiary/aromatic N) is 1. The van der Waals surface area contributed by atoms with Crippen molar-refractivity contribution < 1.29 is 4.39 Å². The third kappa shape index (κ3) is 2.77. The summed E-state index contributed by atoms with van der Waals surface area (Å²) in [5, 5.41) is 1.08. The van der Waals surface area contributed by atoms with Gasteiger partial charge in [0.2, 0.25) is 0 Å². The van der Waals surface area contributed by atoms with E-state index < -0.39 is 0 Å². The summed E-state index contributed by atoms with van der Waals surface area (Å²) < 4.78 is 14.3. The largest absolute Gasteiger partial charge is 0.335 e. The molecular weight excluding hydrogens is 364 g/mol. The Kier molecular flexibility index (Phi) is 4.17. The van der Waals surface area contributed by atoms with Gasteiger partial charge in [0.05, 0.1) is 17.9 Å². The van der Waals surface area contributed by atoms with Crippen molar-refractivity contribution in [1.29, 1.82) is 0 Å². The normalized spacial score (nSPS) is 12.7. The molecule has 0 saturated heterocycles. The van der Waals surface area contributed by atoms with Crippen LogP contribution in [-0.2, 0) is 6.54 Å². The minimum atomic E-state index is -0.304. The number of para-hydroxylation sites is 1. The van der Waals surface area contributed by atoms with E-state index in [1.54, 1.807) is 23.9 Å². The molecule has 3 aromatic rings. The van der Waals surface area contributed by atoms with E-state index in [4.69, 9.17) is 23.2 Å². The van der Waals surface area contributed by atoms with Crippen LogP contribution in [0.5, 0.6) is 0 Å². The molecule has 3 aromatic carbocycles. The van der Waals surface area contributed by atoms with Gasteiger partial charge in [-0.25, -0.2) is 4.39 Å². The third-order valence-electron chi connectivity index (χ3n) is 3.97. The van der Waals surface area contributed by atoms with Crippen molar-refractivity contribution in [1.82, 2.24) is 0 Å². The average Bonchev–Trinajstić information content (AvgIpc) is 2.58. The zero-order chi connectivity index (χ0) is 16.7. The van der Waals surface area contributed by atoms with Gasteiger partial charge in [0.25, 0.3) is 0 Å². The molecule has 0 N–H and O–H groups in total. The fourth-order valence-corrected chi connectivity index (χ4v) is 4.28. The molecule has 4 rings (SSSR count). The van der Waals surface area contributed by atoms with E-state index in [1.165, 1.54) is 6.07 Å². The van der Waals surface area contributed by atoms with E-state index >= 15 is 0 Å². The molecule has 0 fully saturated rings. The average molecular weight is 376 g/mol. The number of fused-ring (bicyclic) bond motifs is 2. The van der Waals surface area contributed by atoms with Crippen molar-refractivity contribution in [2.75, 3.05) is 4.90 Å². The number of benzene rings is 3. The van der Waals surface area contributed by atoms with E-state index in [0.29, 0.717) is 22.2 Å². The molecule has 0 aliphatic carbocycles. The second kappa shape index (κ2) is 6.32. The molecule has 1 aliphatic heterocycles. The van der Waals surface area contributed by atoms with Gasteiger partial charge in [0, 0.05) is 25.4 Å². The summed E-state index contributed by atoms with van der Waals surface area (Å²) in [6.07, 6.45) is 0. The summed E-state index contributed by atoms with van der Waals surface area (Å²) in [6.45, 7) is 0.344. The molecule has 0 spiro atoms. The molecule has 120 valence electrons. The lowest BCUT2D eigenvalue weighted by atomic mass is 10.1. The Hall–Kier alpha value is -1.68. The number of anilines is 2. The number of hydrogen-bond acceptors (Lipinski definition) is 2. The fraction of sp³-hybridized carbons (Fsp3) is 0.0526. The highest BCUT2D eigenvalue weighted by Crippen LogP contribution is 2.49. The molecule has 1 aliphatic rings. The number of rotatable bonds is 2. The SMILES string of the molecule is Fc1cccc(Cl)c1CN1c2ccccc2Sc2ccc(Cl)cc21. The predicted octanol–water partition coefficient (Wildman–Crippen LogP) is 6.94. The molecule has 0 amide bonds. The number of hydrogen-bond donors (Lipinski definition) is 0. The monoisotopic (exact) mass is 375 g/mol. The van der Waals surface area contributed by atoms with Gasteiger partial charge >= 0.3 is 0 Å². The summed E-state index contributed by atoms with van der Waals surface area (Å²) in [5.74, 6) is -0.304. The van der Waals surface area contributed by atoms with E-state index in [0.717, 1.165) is 21.2 Å². The summed E-state index contributed by atoms with van der Waals surface area (Å²) in [6, 6.07) is 18.6. The smallest absolute Gasteiger partial charge is 0.129 e. The highest BCUT2D eigenvalue weighted by molar-refractivity contribution is 7.99. The molecular formula is C19H12Cl2FNS. The molecule has 5 heteroatoms. The lowest BCUT2D eigenvalue weighted by Crippen LogP contribution is -2.21. The lowest BCUT2D eigenvalue weighted by molar-refractivity contribution is 0.609. The van der Waals surface area contributed by atoms with Crippen molar-refractivity contribution in [3.8, 4) is 0 Å². The summed E-state index contributed by atoms with van der Waals surface area (Å²) in [7, 11) is 0. The molecule has 1 nitrogen and oxygen atoms in total. The molecule has 0 saturated carbocycles. The second-order valence-corrected chi connectivity index (χ2v) is 7.40. The second-order valence-electron chi connectivity index (χ2n) is 5.47. The first-order valence-electron chi connectivity index (χ1n) is 7.40. The van der Waals surface area contributed by atoms with Gasteiger partial charge in [-0.15, -0.1) is 0 Å². The molecule has 0 radical (unpaired) electrons. The summed E-state index contributed by atoms with van der Waals surface area (Å²) in [4.78, 5) is 4.28. The van der Waals surface area contributed by atoms with Crippen LogP contribution >= 0.6 is 35.0 Å². The van der Waals surface area contributed by atoms with E-state index in [9.17, 15) is 4.39 Å². The fourth-order valence-electron chi connectivity index (χ4n) is 2.81. The minimum Gasteiger partial charge on any atom is -0.335 e. The molecule has 24 heavy (non-hydrogen) atoms. The van der Waals surface area contributed by atoms with Crippen LogP contribution in [0.4, 0.5) is 15.8 Å². The van der Waals surface area contributed by atoms with Crippen molar-refractivity contribution in [3.63, 3.8) is 0 Å². The molecule has 0 aromatic heterocycles. The standard InChI is InChI=1S/C19H12Cl2FNS/c20-12-8-9-19-17(10-12)23(16-6-1-2-7-18(16)24-19)11-13-14(21)4-3-5-15(13)22/h1-10H,11H2. The topological polar surface area (TPSA) is 3.24 Å². The van der Waals surface area contributed by atoms with E-state index in [1.807, 2.05) is 36.4 Å². The first kappa shape index (κ1) is 15.8. The Morgan fingerprint density at radius 1 is 0.875 bits per heavy atom. The van der Waals surface area contributed by atoms with Gasteiger partial charge in [0.15, 0.2) is 0 Å². The lowest BCUT2D eigenvalue weighted by Gasteiger charge is -2.33. The first-order valence-corrected chi connectivity index (χ1v) is 8.97. The van der Waals surface area contributed by atoms with Crippen molar-refractivity contribution in [3.05, 3.63) is 82.1 Å². The van der Waals surface area contributed by atoms with Crippen LogP contribution < -0.4 is 4.90 Å². The zero-order valence-electron chi connectivity index (χ0n) is 12.5. The number of halogens is 3. The van der Waals surface area contributed by atoms with E-state index in [2.05, 4.69) is 11.0 Å². The van der Waals surface area contributed by atoms with Gasteiger partial charge in [-0.1, -0.05) is 53.2 Å². The van der Waals surface area contributed by atoms with Crippen molar-refractivity contribution in [2.45, 2.75) is 16.3 Å². The van der Waals surface area contributed by atoms with Crippen molar-refractivity contribution in [2.24, 2.45) is 0 Å². The Labute approximate surface area is 154 Å². The maximum absolute atomic E-state index is 14.3. The van der Waals surface area contributed by atoms with Crippen LogP contribution in [0.3, 0.4) is 0 Å². The van der Waals surface area contributed by atoms with Crippen LogP contribution in [-0.4, -0.2) is 0 Å².